The van der Waals surface area contributed by atoms with Crippen LogP contribution >= 0.6 is 0 Å². The van der Waals surface area contributed by atoms with Gasteiger partial charge in [-0.1, -0.05) is 129 Å². The molecule has 0 spiro atoms. The first-order valence-electron chi connectivity index (χ1n) is 14.6. The lowest BCUT2D eigenvalue weighted by Crippen LogP contribution is -2.30. The predicted molar refractivity (Wildman–Crippen MR) is 144 cm³/mol. The van der Waals surface area contributed by atoms with Gasteiger partial charge in [-0.3, -0.25) is 9.59 Å². The van der Waals surface area contributed by atoms with Crippen LogP contribution in [0.1, 0.15) is 155 Å². The molecule has 0 saturated heterocycles. The quantitative estimate of drug-likeness (QED) is 0.0954. The van der Waals surface area contributed by atoms with E-state index >= 15 is 0 Å². The summed E-state index contributed by atoms with van der Waals surface area (Å²) in [5.41, 5.74) is 0. The van der Waals surface area contributed by atoms with E-state index in [9.17, 15) is 19.8 Å². The van der Waals surface area contributed by atoms with E-state index in [1.165, 1.54) is 77.0 Å². The number of allylic oxidation sites excluding steroid dienone is 2. The molecular formula is C30H56O4. The Bertz CT molecular complexity index is 500. The molecule has 200 valence electrons. The Kier molecular flexibility index (Phi) is 23.8. The zero-order chi connectivity index (χ0) is 25.3. The van der Waals surface area contributed by atoms with Gasteiger partial charge in [0.2, 0.25) is 0 Å². The molecule has 0 heterocycles. The van der Waals surface area contributed by atoms with Crippen LogP contribution in [0, 0.1) is 11.8 Å². The van der Waals surface area contributed by atoms with Crippen LogP contribution in [-0.2, 0) is 9.59 Å². The van der Waals surface area contributed by atoms with E-state index in [1.807, 2.05) is 0 Å². The molecule has 0 aliphatic carbocycles. The topological polar surface area (TPSA) is 74.6 Å². The second-order valence-corrected chi connectivity index (χ2v) is 10.2. The van der Waals surface area contributed by atoms with Crippen LogP contribution in [-0.4, -0.2) is 22.2 Å². The summed E-state index contributed by atoms with van der Waals surface area (Å²) in [7, 11) is 0. The smallest absolute Gasteiger partial charge is 0.307 e. The van der Waals surface area contributed by atoms with Crippen molar-refractivity contribution in [2.75, 3.05) is 0 Å². The summed E-state index contributed by atoms with van der Waals surface area (Å²) in [6.45, 7) is 4.46. The van der Waals surface area contributed by atoms with Gasteiger partial charge in [0.15, 0.2) is 0 Å². The summed E-state index contributed by atoms with van der Waals surface area (Å²) >= 11 is 0. The number of hydrogen-bond donors (Lipinski definition) is 2. The van der Waals surface area contributed by atoms with Crippen molar-refractivity contribution in [3.63, 3.8) is 0 Å². The minimum atomic E-state index is -0.940. The molecule has 0 bridgehead atoms. The number of aliphatic carboxylic acids is 2. The molecule has 0 amide bonds. The van der Waals surface area contributed by atoms with E-state index in [2.05, 4.69) is 26.0 Å². The van der Waals surface area contributed by atoms with Gasteiger partial charge >= 0.3 is 11.9 Å². The first-order valence-corrected chi connectivity index (χ1v) is 14.6. The second-order valence-electron chi connectivity index (χ2n) is 10.2. The van der Waals surface area contributed by atoms with Crippen LogP contribution in [0.15, 0.2) is 12.2 Å². The Morgan fingerprint density at radius 2 is 0.794 bits per heavy atom. The summed E-state index contributed by atoms with van der Waals surface area (Å²) in [4.78, 5) is 23.5. The number of carbonyl (C=O) groups is 2. The summed E-state index contributed by atoms with van der Waals surface area (Å²) in [6.07, 6.45) is 29.1. The largest absolute Gasteiger partial charge is 0.481 e. The number of rotatable bonds is 26. The SMILES string of the molecule is CCCCCCCC/C=C\CCCCCCC(C(=O)O)C(CCCCCCCCCC)C(=O)O. The first kappa shape index (κ1) is 32.7. The number of hydrogen-bond acceptors (Lipinski definition) is 2. The van der Waals surface area contributed by atoms with Gasteiger partial charge < -0.3 is 10.2 Å². The van der Waals surface area contributed by atoms with Gasteiger partial charge in [0.1, 0.15) is 0 Å². The lowest BCUT2D eigenvalue weighted by molar-refractivity contribution is -0.154. The predicted octanol–water partition coefficient (Wildman–Crippen LogP) is 9.57. The van der Waals surface area contributed by atoms with Crippen molar-refractivity contribution in [1.82, 2.24) is 0 Å². The van der Waals surface area contributed by atoms with Crippen LogP contribution in [0.25, 0.3) is 0 Å². The van der Waals surface area contributed by atoms with Gasteiger partial charge in [-0.15, -0.1) is 0 Å². The molecule has 0 aromatic rings. The van der Waals surface area contributed by atoms with Crippen LogP contribution < -0.4 is 0 Å². The molecule has 0 aromatic carbocycles. The Hall–Kier alpha value is -1.32. The molecule has 2 unspecified atom stereocenters. The molecule has 0 aliphatic heterocycles. The molecule has 0 rings (SSSR count). The first-order chi connectivity index (χ1) is 16.5. The molecule has 0 radical (unpaired) electrons. The minimum absolute atomic E-state index is 0.483. The lowest BCUT2D eigenvalue weighted by atomic mass is 9.84. The average Bonchev–Trinajstić information content (AvgIpc) is 2.81. The van der Waals surface area contributed by atoms with Crippen molar-refractivity contribution in [3.8, 4) is 0 Å². The molecular weight excluding hydrogens is 424 g/mol. The molecule has 0 aromatic heterocycles. The maximum absolute atomic E-state index is 11.8. The lowest BCUT2D eigenvalue weighted by Gasteiger charge is -2.20. The molecule has 2 N–H and O–H groups in total. The Morgan fingerprint density at radius 3 is 1.12 bits per heavy atom. The van der Waals surface area contributed by atoms with Crippen LogP contribution in [0.2, 0.25) is 0 Å². The van der Waals surface area contributed by atoms with Gasteiger partial charge in [0, 0.05) is 0 Å². The Balaban J connectivity index is 3.95. The van der Waals surface area contributed by atoms with Crippen LogP contribution in [0.5, 0.6) is 0 Å². The standard InChI is InChI=1S/C30H56O4/c1-3-5-7-9-11-13-14-15-16-17-18-20-22-24-26-28(30(33)34)27(29(31)32)25-23-21-19-12-10-8-6-4-2/h15-16,27-28H,3-14,17-26H2,1-2H3,(H,31,32)(H,33,34)/b16-15-. The fourth-order valence-corrected chi connectivity index (χ4v) is 4.75. The monoisotopic (exact) mass is 480 g/mol. The summed E-state index contributed by atoms with van der Waals surface area (Å²) < 4.78 is 0. The van der Waals surface area contributed by atoms with Gasteiger partial charge in [-0.25, -0.2) is 0 Å². The van der Waals surface area contributed by atoms with E-state index < -0.39 is 23.8 Å². The van der Waals surface area contributed by atoms with Crippen molar-refractivity contribution >= 4 is 11.9 Å². The highest BCUT2D eigenvalue weighted by Gasteiger charge is 2.32. The van der Waals surface area contributed by atoms with E-state index in [0.717, 1.165) is 51.4 Å². The summed E-state index contributed by atoms with van der Waals surface area (Å²) in [5.74, 6) is -3.38. The van der Waals surface area contributed by atoms with Crippen molar-refractivity contribution in [1.29, 1.82) is 0 Å². The van der Waals surface area contributed by atoms with Crippen molar-refractivity contribution < 1.29 is 19.8 Å². The van der Waals surface area contributed by atoms with E-state index in [4.69, 9.17) is 0 Å². The highest BCUT2D eigenvalue weighted by molar-refractivity contribution is 5.79. The van der Waals surface area contributed by atoms with Crippen molar-refractivity contribution in [2.45, 2.75) is 155 Å². The molecule has 0 saturated carbocycles. The molecule has 0 fully saturated rings. The molecule has 34 heavy (non-hydrogen) atoms. The third-order valence-corrected chi connectivity index (χ3v) is 7.02. The summed E-state index contributed by atoms with van der Waals surface area (Å²) in [5, 5.41) is 19.3. The maximum Gasteiger partial charge on any atom is 0.307 e. The number of unbranched alkanes of at least 4 members (excludes halogenated alkanes) is 17. The van der Waals surface area contributed by atoms with Gasteiger partial charge in [-0.2, -0.15) is 0 Å². The highest BCUT2D eigenvalue weighted by Crippen LogP contribution is 2.26. The number of carboxylic acid groups (broad SMARTS) is 2. The van der Waals surface area contributed by atoms with Gasteiger partial charge in [0.25, 0.3) is 0 Å². The van der Waals surface area contributed by atoms with Gasteiger partial charge in [0.05, 0.1) is 11.8 Å². The maximum atomic E-state index is 11.8. The fraction of sp³-hybridized carbons (Fsp3) is 0.867. The average molecular weight is 481 g/mol. The molecule has 4 heteroatoms. The van der Waals surface area contributed by atoms with Crippen molar-refractivity contribution in [2.24, 2.45) is 11.8 Å². The molecule has 0 aliphatic rings. The second kappa shape index (κ2) is 24.8. The normalized spacial score (nSPS) is 13.4. The van der Waals surface area contributed by atoms with E-state index in [1.54, 1.807) is 0 Å². The zero-order valence-electron chi connectivity index (χ0n) is 22.6. The van der Waals surface area contributed by atoms with Crippen LogP contribution in [0.4, 0.5) is 0 Å². The number of carboxylic acids is 2. The highest BCUT2D eigenvalue weighted by atomic mass is 16.4. The fourth-order valence-electron chi connectivity index (χ4n) is 4.75. The zero-order valence-corrected chi connectivity index (χ0v) is 22.6. The third-order valence-electron chi connectivity index (χ3n) is 7.02. The molecule has 4 nitrogen and oxygen atoms in total. The van der Waals surface area contributed by atoms with Gasteiger partial charge in [-0.05, 0) is 38.5 Å². The third kappa shape index (κ3) is 20.1. The van der Waals surface area contributed by atoms with E-state index in [-0.39, 0.29) is 0 Å². The van der Waals surface area contributed by atoms with Crippen LogP contribution in [0.3, 0.4) is 0 Å². The molecule has 2 atom stereocenters. The Morgan fingerprint density at radius 1 is 0.500 bits per heavy atom. The Labute approximate surface area is 211 Å². The van der Waals surface area contributed by atoms with Crippen molar-refractivity contribution in [3.05, 3.63) is 12.2 Å². The summed E-state index contributed by atoms with van der Waals surface area (Å²) in [6, 6.07) is 0. The minimum Gasteiger partial charge on any atom is -0.481 e. The van der Waals surface area contributed by atoms with E-state index in [0.29, 0.717) is 12.8 Å².